The molecule has 82 valence electrons. The summed E-state index contributed by atoms with van der Waals surface area (Å²) in [6.07, 6.45) is 7.29. The molecule has 2 fully saturated rings. The summed E-state index contributed by atoms with van der Waals surface area (Å²) in [5.41, 5.74) is 0. The lowest BCUT2D eigenvalue weighted by molar-refractivity contribution is 0.335. The minimum absolute atomic E-state index is 0.871. The maximum absolute atomic E-state index is 3.74. The van der Waals surface area contributed by atoms with Crippen LogP contribution < -0.4 is 5.32 Å². The van der Waals surface area contributed by atoms with Gasteiger partial charge in [-0.2, -0.15) is 0 Å². The van der Waals surface area contributed by atoms with E-state index < -0.39 is 0 Å². The number of rotatable bonds is 5. The summed E-state index contributed by atoms with van der Waals surface area (Å²) in [4.78, 5) is 2.27. The molecule has 1 N–H and O–H groups in total. The van der Waals surface area contributed by atoms with Gasteiger partial charge in [-0.1, -0.05) is 6.42 Å². The van der Waals surface area contributed by atoms with Gasteiger partial charge in [0.15, 0.2) is 0 Å². The lowest BCUT2D eigenvalue weighted by Crippen LogP contribution is -2.35. The van der Waals surface area contributed by atoms with Crippen molar-refractivity contribution in [2.45, 2.75) is 38.1 Å². The van der Waals surface area contributed by atoms with Crippen molar-refractivity contribution in [3.63, 3.8) is 0 Å². The molecule has 0 aromatic rings. The number of nitrogens with zero attached hydrogens (tertiary/aromatic N) is 1. The predicted molar refractivity (Wildman–Crippen MR) is 60.4 cm³/mol. The zero-order valence-electron chi connectivity index (χ0n) is 9.63. The zero-order valence-corrected chi connectivity index (χ0v) is 9.63. The van der Waals surface area contributed by atoms with E-state index in [4.69, 9.17) is 0 Å². The molecule has 2 aliphatic rings. The van der Waals surface area contributed by atoms with E-state index in [1.807, 2.05) is 0 Å². The Kier molecular flexibility index (Phi) is 3.45. The van der Waals surface area contributed by atoms with Crippen molar-refractivity contribution in [3.8, 4) is 0 Å². The van der Waals surface area contributed by atoms with Crippen LogP contribution in [0.1, 0.15) is 32.1 Å². The third-order valence-corrected chi connectivity index (χ3v) is 3.93. The largest absolute Gasteiger partial charge is 0.314 e. The van der Waals surface area contributed by atoms with Crippen LogP contribution in [0.3, 0.4) is 0 Å². The highest BCUT2D eigenvalue weighted by Crippen LogP contribution is 2.44. The smallest absolute Gasteiger partial charge is 0.00980 e. The third kappa shape index (κ3) is 2.48. The SMILES string of the molecule is CN(C)CCCN[C@H]1C[C@H]2CC[C@H]1C2. The molecule has 2 rings (SSSR count). The minimum Gasteiger partial charge on any atom is -0.314 e. The standard InChI is InChI=1S/C12H24N2/c1-14(2)7-3-6-13-12-9-10-4-5-11(12)8-10/h10-13H,3-9H2,1-2H3/t10-,11-,12-/m0/s1. The molecule has 0 saturated heterocycles. The van der Waals surface area contributed by atoms with Crippen LogP contribution in [0.25, 0.3) is 0 Å². The van der Waals surface area contributed by atoms with Crippen molar-refractivity contribution in [1.29, 1.82) is 0 Å². The highest BCUT2D eigenvalue weighted by atomic mass is 15.1. The van der Waals surface area contributed by atoms with E-state index in [0.29, 0.717) is 0 Å². The van der Waals surface area contributed by atoms with Crippen LogP contribution in [-0.2, 0) is 0 Å². The van der Waals surface area contributed by atoms with Gasteiger partial charge in [0.05, 0.1) is 0 Å². The second-order valence-corrected chi connectivity index (χ2v) is 5.39. The number of hydrogen-bond acceptors (Lipinski definition) is 2. The zero-order chi connectivity index (χ0) is 9.97. The van der Waals surface area contributed by atoms with Gasteiger partial charge in [-0.05, 0) is 64.7 Å². The summed E-state index contributed by atoms with van der Waals surface area (Å²) in [6, 6.07) is 0.871. The fourth-order valence-electron chi connectivity index (χ4n) is 3.18. The molecule has 14 heavy (non-hydrogen) atoms. The van der Waals surface area contributed by atoms with E-state index in [0.717, 1.165) is 17.9 Å². The van der Waals surface area contributed by atoms with E-state index >= 15 is 0 Å². The summed E-state index contributed by atoms with van der Waals surface area (Å²) >= 11 is 0. The Balaban J connectivity index is 1.58. The number of hydrogen-bond donors (Lipinski definition) is 1. The average Bonchev–Trinajstić information content (AvgIpc) is 2.73. The molecular weight excluding hydrogens is 172 g/mol. The van der Waals surface area contributed by atoms with Gasteiger partial charge in [-0.3, -0.25) is 0 Å². The maximum atomic E-state index is 3.74. The van der Waals surface area contributed by atoms with Gasteiger partial charge in [0.2, 0.25) is 0 Å². The van der Waals surface area contributed by atoms with Gasteiger partial charge < -0.3 is 10.2 Å². The first-order chi connectivity index (χ1) is 6.75. The molecule has 3 atom stereocenters. The molecule has 0 amide bonds. The molecule has 0 radical (unpaired) electrons. The van der Waals surface area contributed by atoms with Gasteiger partial charge in [-0.25, -0.2) is 0 Å². The predicted octanol–water partition coefficient (Wildman–Crippen LogP) is 1.72. The quantitative estimate of drug-likeness (QED) is 0.674. The highest BCUT2D eigenvalue weighted by molar-refractivity contribution is 4.93. The van der Waals surface area contributed by atoms with E-state index in [-0.39, 0.29) is 0 Å². The van der Waals surface area contributed by atoms with E-state index in [2.05, 4.69) is 24.3 Å². The van der Waals surface area contributed by atoms with Crippen LogP contribution in [0.2, 0.25) is 0 Å². The van der Waals surface area contributed by atoms with Crippen molar-refractivity contribution in [2.24, 2.45) is 11.8 Å². The molecule has 0 aliphatic heterocycles. The summed E-state index contributed by atoms with van der Waals surface area (Å²) in [6.45, 7) is 2.43. The Morgan fingerprint density at radius 1 is 1.21 bits per heavy atom. The van der Waals surface area contributed by atoms with Crippen LogP contribution >= 0.6 is 0 Å². The first kappa shape index (κ1) is 10.4. The minimum atomic E-state index is 0.871. The van der Waals surface area contributed by atoms with Crippen LogP contribution in [0.4, 0.5) is 0 Å². The number of nitrogens with one attached hydrogen (secondary N) is 1. The molecular formula is C12H24N2. The fraction of sp³-hybridized carbons (Fsp3) is 1.00. The molecule has 2 saturated carbocycles. The van der Waals surface area contributed by atoms with E-state index in [9.17, 15) is 0 Å². The van der Waals surface area contributed by atoms with Crippen molar-refractivity contribution in [2.75, 3.05) is 27.2 Å². The molecule has 0 aromatic carbocycles. The Morgan fingerprint density at radius 3 is 2.64 bits per heavy atom. The molecule has 2 heteroatoms. The summed E-state index contributed by atoms with van der Waals surface area (Å²) in [5, 5.41) is 3.74. The molecule has 2 bridgehead atoms. The highest BCUT2D eigenvalue weighted by Gasteiger charge is 2.38. The summed E-state index contributed by atoms with van der Waals surface area (Å²) in [5.74, 6) is 2.10. The van der Waals surface area contributed by atoms with Crippen LogP contribution in [0, 0.1) is 11.8 Å². The van der Waals surface area contributed by atoms with Gasteiger partial charge in [0.1, 0.15) is 0 Å². The summed E-state index contributed by atoms with van der Waals surface area (Å²) < 4.78 is 0. The molecule has 2 nitrogen and oxygen atoms in total. The monoisotopic (exact) mass is 196 g/mol. The average molecular weight is 196 g/mol. The van der Waals surface area contributed by atoms with Gasteiger partial charge >= 0.3 is 0 Å². The van der Waals surface area contributed by atoms with Crippen LogP contribution in [-0.4, -0.2) is 38.1 Å². The summed E-state index contributed by atoms with van der Waals surface area (Å²) in [7, 11) is 4.30. The van der Waals surface area contributed by atoms with E-state index in [1.54, 1.807) is 0 Å². The maximum Gasteiger partial charge on any atom is 0.00980 e. The van der Waals surface area contributed by atoms with Crippen LogP contribution in [0.5, 0.6) is 0 Å². The van der Waals surface area contributed by atoms with Crippen molar-refractivity contribution >= 4 is 0 Å². The third-order valence-electron chi connectivity index (χ3n) is 3.93. The van der Waals surface area contributed by atoms with Crippen molar-refractivity contribution in [1.82, 2.24) is 10.2 Å². The Morgan fingerprint density at radius 2 is 2.07 bits per heavy atom. The second-order valence-electron chi connectivity index (χ2n) is 5.39. The lowest BCUT2D eigenvalue weighted by Gasteiger charge is -2.23. The van der Waals surface area contributed by atoms with Crippen molar-refractivity contribution < 1.29 is 0 Å². The number of fused-ring (bicyclic) bond motifs is 2. The lowest BCUT2D eigenvalue weighted by atomic mass is 9.95. The van der Waals surface area contributed by atoms with Crippen molar-refractivity contribution in [3.05, 3.63) is 0 Å². The first-order valence-corrected chi connectivity index (χ1v) is 6.14. The molecule has 0 unspecified atom stereocenters. The van der Waals surface area contributed by atoms with Gasteiger partial charge in [0, 0.05) is 6.04 Å². The molecule has 0 aromatic heterocycles. The van der Waals surface area contributed by atoms with Crippen LogP contribution in [0.15, 0.2) is 0 Å². The second kappa shape index (κ2) is 4.63. The Labute approximate surface area is 88.1 Å². The Bertz CT molecular complexity index is 179. The van der Waals surface area contributed by atoms with Gasteiger partial charge in [0.25, 0.3) is 0 Å². The molecule has 0 spiro atoms. The topological polar surface area (TPSA) is 15.3 Å². The Hall–Kier alpha value is -0.0800. The normalized spacial score (nSPS) is 35.8. The molecule has 2 aliphatic carbocycles. The van der Waals surface area contributed by atoms with E-state index in [1.165, 1.54) is 45.2 Å². The van der Waals surface area contributed by atoms with Gasteiger partial charge in [-0.15, -0.1) is 0 Å². The first-order valence-electron chi connectivity index (χ1n) is 6.14. The fourth-order valence-corrected chi connectivity index (χ4v) is 3.18. The molecule has 0 heterocycles.